The van der Waals surface area contributed by atoms with Crippen molar-refractivity contribution in [3.63, 3.8) is 0 Å². The number of carbonyl (C=O) groups is 1. The molecule has 0 aliphatic carbocycles. The third-order valence-corrected chi connectivity index (χ3v) is 7.36. The van der Waals surface area contributed by atoms with Crippen LogP contribution < -0.4 is 15.4 Å². The lowest BCUT2D eigenvalue weighted by Gasteiger charge is -2.34. The number of nitrogens with two attached hydrogens (primary N) is 1. The van der Waals surface area contributed by atoms with Crippen LogP contribution in [0.3, 0.4) is 0 Å². The van der Waals surface area contributed by atoms with Gasteiger partial charge in [-0.15, -0.1) is 0 Å². The molecule has 6 aromatic rings. The van der Waals surface area contributed by atoms with Crippen molar-refractivity contribution in [1.29, 1.82) is 0 Å². The Morgan fingerprint density at radius 3 is 2.71 bits per heavy atom. The predicted octanol–water partition coefficient (Wildman–Crippen LogP) is 5.60. The molecule has 1 aliphatic heterocycles. The number of nitrogen functional groups attached to an aromatic ring is 1. The summed E-state index contributed by atoms with van der Waals surface area (Å²) in [7, 11) is 0. The Balaban J connectivity index is 1.37. The van der Waals surface area contributed by atoms with Crippen LogP contribution >= 0.6 is 0 Å². The van der Waals surface area contributed by atoms with Gasteiger partial charge in [-0.05, 0) is 48.4 Å². The van der Waals surface area contributed by atoms with Crippen LogP contribution in [0.1, 0.15) is 11.6 Å². The van der Waals surface area contributed by atoms with E-state index >= 15 is 4.39 Å². The molecule has 0 saturated heterocycles. The van der Waals surface area contributed by atoms with Crippen molar-refractivity contribution in [1.82, 2.24) is 24.3 Å². The van der Waals surface area contributed by atoms with Gasteiger partial charge in [-0.3, -0.25) is 9.36 Å². The molecule has 7 rings (SSSR count). The minimum atomic E-state index is -0.481. The Hall–Kier alpha value is -5.51. The summed E-state index contributed by atoms with van der Waals surface area (Å²) in [4.78, 5) is 23.3. The number of nitrogens with zero attached hydrogens (tertiary/aromatic N) is 6. The first kappa shape index (κ1) is 24.5. The summed E-state index contributed by atoms with van der Waals surface area (Å²) in [6, 6.07) is 21.5. The Labute approximate surface area is 233 Å². The number of aromatic nitrogens is 5. The normalized spacial score (nSPS) is 14.8. The van der Waals surface area contributed by atoms with Crippen LogP contribution in [0.5, 0.6) is 11.5 Å². The first-order valence-corrected chi connectivity index (χ1v) is 13.1. The number of hydrogen-bond acceptors (Lipinski definition) is 6. The molecule has 202 valence electrons. The van der Waals surface area contributed by atoms with Crippen LogP contribution in [-0.2, 0) is 11.2 Å². The van der Waals surface area contributed by atoms with E-state index in [0.29, 0.717) is 46.5 Å². The first-order valence-electron chi connectivity index (χ1n) is 13.1. The van der Waals surface area contributed by atoms with Gasteiger partial charge in [0.05, 0.1) is 11.6 Å². The van der Waals surface area contributed by atoms with Crippen molar-refractivity contribution >= 4 is 39.3 Å². The highest BCUT2D eigenvalue weighted by molar-refractivity contribution is 6.02. The van der Waals surface area contributed by atoms with Gasteiger partial charge in [0.1, 0.15) is 23.3 Å². The summed E-state index contributed by atoms with van der Waals surface area (Å²) in [5.41, 5.74) is 9.47. The van der Waals surface area contributed by atoms with Crippen LogP contribution in [0, 0.1) is 5.82 Å². The summed E-state index contributed by atoms with van der Waals surface area (Å²) in [6.07, 6.45) is 5.15. The number of benzene rings is 3. The number of rotatable bonds is 5. The van der Waals surface area contributed by atoms with E-state index in [9.17, 15) is 4.79 Å². The number of halogens is 1. The number of fused-ring (bicyclic) bond motifs is 3. The molecule has 1 unspecified atom stereocenters. The van der Waals surface area contributed by atoms with Crippen molar-refractivity contribution in [2.75, 3.05) is 17.2 Å². The molecule has 41 heavy (non-hydrogen) atoms. The van der Waals surface area contributed by atoms with E-state index in [1.165, 1.54) is 18.5 Å². The van der Waals surface area contributed by atoms with E-state index in [1.54, 1.807) is 40.0 Å². The molecule has 1 atom stereocenters. The van der Waals surface area contributed by atoms with Crippen LogP contribution in [-0.4, -0.2) is 36.8 Å². The van der Waals surface area contributed by atoms with Crippen LogP contribution in [0.25, 0.3) is 27.8 Å². The molecular weight excluding hydrogens is 521 g/mol. The molecule has 1 amide bonds. The summed E-state index contributed by atoms with van der Waals surface area (Å²) in [5.74, 6) is 0.677. The second kappa shape index (κ2) is 9.60. The molecule has 9 nitrogen and oxygen atoms in total. The van der Waals surface area contributed by atoms with E-state index in [-0.39, 0.29) is 23.5 Å². The molecule has 0 saturated carbocycles. The van der Waals surface area contributed by atoms with Gasteiger partial charge in [0.25, 0.3) is 0 Å². The molecule has 1 aliphatic rings. The quantitative estimate of drug-likeness (QED) is 0.283. The zero-order chi connectivity index (χ0) is 28.1. The Morgan fingerprint density at radius 2 is 1.88 bits per heavy atom. The van der Waals surface area contributed by atoms with Gasteiger partial charge >= 0.3 is 0 Å². The standard InChI is InChI=1S/C31H24FN7O2/c1-2-27(40)38-17-21(14-19-8-6-7-11-24(19)38)39-30-28(29(33)34-18-35-30)31(36-39)37-13-12-20-15-23(32)26(16-25(20)37)41-22-9-4-3-5-10-22/h2-13,15-16,18,21H,1,14,17H2,(H2,33,34,35). The van der Waals surface area contributed by atoms with E-state index < -0.39 is 5.82 Å². The van der Waals surface area contributed by atoms with Gasteiger partial charge in [-0.2, -0.15) is 5.10 Å². The molecule has 0 bridgehead atoms. The maximum atomic E-state index is 15.0. The Morgan fingerprint density at radius 1 is 1.07 bits per heavy atom. The molecule has 3 aromatic carbocycles. The molecule has 0 spiro atoms. The highest BCUT2D eigenvalue weighted by Crippen LogP contribution is 2.37. The van der Waals surface area contributed by atoms with Gasteiger partial charge in [-0.25, -0.2) is 19.0 Å². The van der Waals surface area contributed by atoms with Crippen molar-refractivity contribution in [2.24, 2.45) is 0 Å². The summed E-state index contributed by atoms with van der Waals surface area (Å²) in [6.45, 7) is 4.05. The monoisotopic (exact) mass is 545 g/mol. The van der Waals surface area contributed by atoms with Crippen molar-refractivity contribution < 1.29 is 13.9 Å². The molecule has 4 heterocycles. The third kappa shape index (κ3) is 4.08. The lowest BCUT2D eigenvalue weighted by Crippen LogP contribution is -2.40. The van der Waals surface area contributed by atoms with Crippen molar-refractivity contribution in [3.8, 4) is 17.3 Å². The largest absolute Gasteiger partial charge is 0.454 e. The van der Waals surface area contributed by atoms with Crippen LogP contribution in [0.4, 0.5) is 15.9 Å². The van der Waals surface area contributed by atoms with Crippen LogP contribution in [0.2, 0.25) is 0 Å². The molecular formula is C31H24FN7O2. The van der Waals surface area contributed by atoms with E-state index in [1.807, 2.05) is 47.0 Å². The maximum Gasteiger partial charge on any atom is 0.250 e. The maximum absolute atomic E-state index is 15.0. The third-order valence-electron chi connectivity index (χ3n) is 7.36. The average Bonchev–Trinajstić information content (AvgIpc) is 3.58. The number of carbonyl (C=O) groups excluding carboxylic acids is 1. The predicted molar refractivity (Wildman–Crippen MR) is 155 cm³/mol. The van der Waals surface area contributed by atoms with E-state index in [4.69, 9.17) is 15.6 Å². The summed E-state index contributed by atoms with van der Waals surface area (Å²) < 4.78 is 24.5. The fourth-order valence-corrected chi connectivity index (χ4v) is 5.47. The molecule has 3 aromatic heterocycles. The first-order chi connectivity index (χ1) is 20.0. The summed E-state index contributed by atoms with van der Waals surface area (Å²) in [5, 5.41) is 6.21. The summed E-state index contributed by atoms with van der Waals surface area (Å²) >= 11 is 0. The van der Waals surface area contributed by atoms with Crippen molar-refractivity contribution in [2.45, 2.75) is 12.5 Å². The smallest absolute Gasteiger partial charge is 0.250 e. The van der Waals surface area contributed by atoms with Gasteiger partial charge in [0, 0.05) is 29.9 Å². The van der Waals surface area contributed by atoms with Gasteiger partial charge in [0.15, 0.2) is 23.0 Å². The highest BCUT2D eigenvalue weighted by atomic mass is 19.1. The number of ether oxygens (including phenoxy) is 1. The number of para-hydroxylation sites is 2. The van der Waals surface area contributed by atoms with Gasteiger partial charge in [0.2, 0.25) is 5.91 Å². The van der Waals surface area contributed by atoms with Crippen molar-refractivity contribution in [3.05, 3.63) is 109 Å². The fourth-order valence-electron chi connectivity index (χ4n) is 5.47. The van der Waals surface area contributed by atoms with Crippen LogP contribution in [0.15, 0.2) is 98.0 Å². The zero-order valence-electron chi connectivity index (χ0n) is 21.8. The van der Waals surface area contributed by atoms with E-state index in [0.717, 1.165) is 11.3 Å². The zero-order valence-corrected chi connectivity index (χ0v) is 21.8. The number of amides is 1. The Kier molecular flexibility index (Phi) is 5.74. The van der Waals surface area contributed by atoms with E-state index in [2.05, 4.69) is 16.5 Å². The van der Waals surface area contributed by atoms with Gasteiger partial charge < -0.3 is 15.4 Å². The minimum absolute atomic E-state index is 0.0825. The molecule has 0 radical (unpaired) electrons. The van der Waals surface area contributed by atoms with Gasteiger partial charge in [-0.1, -0.05) is 43.0 Å². The number of anilines is 2. The lowest BCUT2D eigenvalue weighted by molar-refractivity contribution is -0.114. The highest BCUT2D eigenvalue weighted by Gasteiger charge is 2.31. The molecule has 2 N–H and O–H groups in total. The molecule has 10 heteroatoms. The average molecular weight is 546 g/mol. The lowest BCUT2D eigenvalue weighted by atomic mass is 9.97. The Bertz CT molecular complexity index is 1960. The number of hydrogen-bond donors (Lipinski definition) is 1. The second-order valence-electron chi connectivity index (χ2n) is 9.81. The SMILES string of the molecule is C=CC(=O)N1CC(n2nc(-n3ccc4cc(F)c(Oc5ccccc5)cc43)c3c(N)ncnc32)Cc2ccccc21. The topological polar surface area (TPSA) is 104 Å². The second-order valence-corrected chi connectivity index (χ2v) is 9.81. The molecule has 0 fully saturated rings. The minimum Gasteiger partial charge on any atom is -0.454 e. The fraction of sp³-hybridized carbons (Fsp3) is 0.0968.